The first kappa shape index (κ1) is 15.3. The van der Waals surface area contributed by atoms with Crippen molar-refractivity contribution in [2.75, 3.05) is 37.6 Å². The highest BCUT2D eigenvalue weighted by Gasteiger charge is 2.25. The van der Waals surface area contributed by atoms with Crippen molar-refractivity contribution < 1.29 is 9.53 Å². The Labute approximate surface area is 142 Å². The molecule has 1 aromatic carbocycles. The number of carbonyl (C=O) groups is 1. The van der Waals surface area contributed by atoms with Crippen LogP contribution in [0.15, 0.2) is 47.7 Å². The van der Waals surface area contributed by atoms with Crippen molar-refractivity contribution in [3.63, 3.8) is 0 Å². The fraction of sp³-hybridized carbons (Fsp3) is 0.421. The van der Waals surface area contributed by atoms with Crippen LogP contribution in [-0.4, -0.2) is 49.6 Å². The molecule has 1 amide bonds. The van der Waals surface area contributed by atoms with Gasteiger partial charge in [-0.25, -0.2) is 0 Å². The van der Waals surface area contributed by atoms with Gasteiger partial charge in [-0.15, -0.1) is 0 Å². The number of nitrogens with one attached hydrogen (secondary N) is 1. The second kappa shape index (κ2) is 6.32. The quantitative estimate of drug-likeness (QED) is 0.922. The topological polar surface area (TPSA) is 44.8 Å². The Hall–Kier alpha value is -2.27. The molecule has 0 aliphatic carbocycles. The van der Waals surface area contributed by atoms with Crippen molar-refractivity contribution in [3.05, 3.63) is 47.7 Å². The van der Waals surface area contributed by atoms with Crippen LogP contribution >= 0.6 is 0 Å². The van der Waals surface area contributed by atoms with Gasteiger partial charge < -0.3 is 19.9 Å². The minimum Gasteiger partial charge on any atom is -0.489 e. The maximum Gasteiger partial charge on any atom is 0.219 e. The van der Waals surface area contributed by atoms with Gasteiger partial charge in [-0.05, 0) is 35.4 Å². The standard InChI is InChI=1S/C19H23N3O2/c1-14(23)21-9-7-19(13-21)24-18-4-2-17(3-5-18)22-8-6-15-10-20-11-16(15)12-22/h2-6,12,19-20H,7-11,13H2,1H3. The fourth-order valence-corrected chi connectivity index (χ4v) is 3.54. The number of hydrogen-bond acceptors (Lipinski definition) is 4. The molecule has 4 rings (SSSR count). The average Bonchev–Trinajstić information content (AvgIpc) is 3.24. The molecule has 0 aromatic heterocycles. The number of nitrogens with zero attached hydrogens (tertiary/aromatic N) is 2. The van der Waals surface area contributed by atoms with E-state index in [4.69, 9.17) is 4.74 Å². The normalized spacial score (nSPS) is 23.0. The van der Waals surface area contributed by atoms with Crippen molar-refractivity contribution in [1.82, 2.24) is 10.2 Å². The van der Waals surface area contributed by atoms with Gasteiger partial charge in [0.25, 0.3) is 0 Å². The summed E-state index contributed by atoms with van der Waals surface area (Å²) in [5.41, 5.74) is 3.99. The summed E-state index contributed by atoms with van der Waals surface area (Å²) in [5.74, 6) is 1.00. The lowest BCUT2D eigenvalue weighted by molar-refractivity contribution is -0.128. The number of fused-ring (bicyclic) bond motifs is 1. The van der Waals surface area contributed by atoms with Gasteiger partial charge in [0.1, 0.15) is 11.9 Å². The van der Waals surface area contributed by atoms with Gasteiger partial charge in [-0.1, -0.05) is 6.08 Å². The second-order valence-electron chi connectivity index (χ2n) is 6.63. The Kier molecular flexibility index (Phi) is 4.02. The van der Waals surface area contributed by atoms with Crippen LogP contribution in [0.2, 0.25) is 0 Å². The molecule has 0 spiro atoms. The molecule has 126 valence electrons. The number of rotatable bonds is 3. The van der Waals surface area contributed by atoms with Crippen LogP contribution < -0.4 is 15.0 Å². The van der Waals surface area contributed by atoms with Gasteiger partial charge in [-0.3, -0.25) is 4.79 Å². The van der Waals surface area contributed by atoms with E-state index in [1.807, 2.05) is 17.0 Å². The molecule has 24 heavy (non-hydrogen) atoms. The van der Waals surface area contributed by atoms with E-state index in [1.165, 1.54) is 16.8 Å². The second-order valence-corrected chi connectivity index (χ2v) is 6.63. The average molecular weight is 325 g/mol. The zero-order valence-electron chi connectivity index (χ0n) is 14.0. The van der Waals surface area contributed by atoms with Crippen LogP contribution in [0.4, 0.5) is 5.69 Å². The summed E-state index contributed by atoms with van der Waals surface area (Å²) in [4.78, 5) is 15.5. The first-order chi connectivity index (χ1) is 11.7. The summed E-state index contributed by atoms with van der Waals surface area (Å²) < 4.78 is 6.02. The molecule has 3 aliphatic heterocycles. The van der Waals surface area contributed by atoms with E-state index in [2.05, 4.69) is 34.6 Å². The summed E-state index contributed by atoms with van der Waals surface area (Å²) in [6.07, 6.45) is 5.55. The molecule has 3 heterocycles. The van der Waals surface area contributed by atoms with Gasteiger partial charge in [0, 0.05) is 51.4 Å². The third kappa shape index (κ3) is 3.04. The van der Waals surface area contributed by atoms with Gasteiger partial charge >= 0.3 is 0 Å². The van der Waals surface area contributed by atoms with Crippen molar-refractivity contribution in [2.45, 2.75) is 19.4 Å². The van der Waals surface area contributed by atoms with Crippen molar-refractivity contribution in [2.24, 2.45) is 0 Å². The summed E-state index contributed by atoms with van der Waals surface area (Å²) in [5, 5.41) is 3.39. The number of benzene rings is 1. The highest BCUT2D eigenvalue weighted by molar-refractivity contribution is 5.73. The molecule has 1 N–H and O–H groups in total. The van der Waals surface area contributed by atoms with E-state index < -0.39 is 0 Å². The Morgan fingerprint density at radius 2 is 2.00 bits per heavy atom. The lowest BCUT2D eigenvalue weighted by Gasteiger charge is -2.24. The number of anilines is 1. The van der Waals surface area contributed by atoms with Gasteiger partial charge in [0.15, 0.2) is 0 Å². The SMILES string of the molecule is CC(=O)N1CCC(Oc2ccc(N3C=C4CNCC4=CC3)cc2)C1. The Bertz CT molecular complexity index is 693. The maximum atomic E-state index is 11.4. The molecule has 0 saturated carbocycles. The van der Waals surface area contributed by atoms with Crippen LogP contribution in [-0.2, 0) is 4.79 Å². The molecular weight excluding hydrogens is 302 g/mol. The molecule has 0 bridgehead atoms. The molecule has 5 heteroatoms. The summed E-state index contributed by atoms with van der Waals surface area (Å²) in [6.45, 7) is 5.96. The van der Waals surface area contributed by atoms with Gasteiger partial charge in [-0.2, -0.15) is 0 Å². The Balaban J connectivity index is 1.39. The zero-order chi connectivity index (χ0) is 16.5. The molecule has 1 unspecified atom stereocenters. The minimum absolute atomic E-state index is 0.104. The maximum absolute atomic E-state index is 11.4. The Morgan fingerprint density at radius 1 is 1.21 bits per heavy atom. The molecule has 0 radical (unpaired) electrons. The van der Waals surface area contributed by atoms with Crippen LogP contribution in [0, 0.1) is 0 Å². The minimum atomic E-state index is 0.104. The first-order valence-electron chi connectivity index (χ1n) is 8.59. The number of hydrogen-bond donors (Lipinski definition) is 1. The molecule has 1 atom stereocenters. The van der Waals surface area contributed by atoms with E-state index in [0.717, 1.165) is 38.3 Å². The predicted molar refractivity (Wildman–Crippen MR) is 94.1 cm³/mol. The van der Waals surface area contributed by atoms with Crippen molar-refractivity contribution >= 4 is 11.6 Å². The number of carbonyl (C=O) groups excluding carboxylic acids is 1. The molecular formula is C19H23N3O2. The third-order valence-corrected chi connectivity index (χ3v) is 4.95. The fourth-order valence-electron chi connectivity index (χ4n) is 3.54. The van der Waals surface area contributed by atoms with Gasteiger partial charge in [0.2, 0.25) is 5.91 Å². The van der Waals surface area contributed by atoms with E-state index in [1.54, 1.807) is 6.92 Å². The first-order valence-corrected chi connectivity index (χ1v) is 8.59. The van der Waals surface area contributed by atoms with E-state index >= 15 is 0 Å². The van der Waals surface area contributed by atoms with E-state index in [-0.39, 0.29) is 12.0 Å². The highest BCUT2D eigenvalue weighted by atomic mass is 16.5. The van der Waals surface area contributed by atoms with Crippen molar-refractivity contribution in [3.8, 4) is 5.75 Å². The van der Waals surface area contributed by atoms with Gasteiger partial charge in [0.05, 0.1) is 6.54 Å². The van der Waals surface area contributed by atoms with E-state index in [9.17, 15) is 4.79 Å². The Morgan fingerprint density at radius 3 is 2.75 bits per heavy atom. The number of amides is 1. The predicted octanol–water partition coefficient (Wildman–Crippen LogP) is 1.92. The highest BCUT2D eigenvalue weighted by Crippen LogP contribution is 2.27. The number of likely N-dealkylation sites (tertiary alicyclic amines) is 1. The lowest BCUT2D eigenvalue weighted by atomic mass is 10.1. The third-order valence-electron chi connectivity index (χ3n) is 4.95. The van der Waals surface area contributed by atoms with Crippen molar-refractivity contribution in [1.29, 1.82) is 0 Å². The van der Waals surface area contributed by atoms with Crippen LogP contribution in [0.25, 0.3) is 0 Å². The summed E-state index contributed by atoms with van der Waals surface area (Å²) in [6, 6.07) is 8.25. The molecule has 3 aliphatic rings. The molecule has 2 saturated heterocycles. The molecule has 2 fully saturated rings. The smallest absolute Gasteiger partial charge is 0.219 e. The lowest BCUT2D eigenvalue weighted by Crippen LogP contribution is -2.28. The largest absolute Gasteiger partial charge is 0.489 e. The van der Waals surface area contributed by atoms with E-state index in [0.29, 0.717) is 6.54 Å². The zero-order valence-corrected chi connectivity index (χ0v) is 14.0. The van der Waals surface area contributed by atoms with Crippen LogP contribution in [0.3, 0.4) is 0 Å². The monoisotopic (exact) mass is 325 g/mol. The molecule has 1 aromatic rings. The number of ether oxygens (including phenoxy) is 1. The molecule has 5 nitrogen and oxygen atoms in total. The van der Waals surface area contributed by atoms with Crippen LogP contribution in [0.5, 0.6) is 5.75 Å². The summed E-state index contributed by atoms with van der Waals surface area (Å²) in [7, 11) is 0. The van der Waals surface area contributed by atoms with Crippen LogP contribution in [0.1, 0.15) is 13.3 Å². The summed E-state index contributed by atoms with van der Waals surface area (Å²) >= 11 is 0.